The normalized spacial score (nSPS) is 11.2. The number of imidazole rings is 1. The number of hydrogen-bond donors (Lipinski definition) is 1. The van der Waals surface area contributed by atoms with Crippen LogP contribution in [0.4, 0.5) is 0 Å². The highest BCUT2D eigenvalue weighted by molar-refractivity contribution is 6.16. The van der Waals surface area contributed by atoms with Crippen molar-refractivity contribution in [3.63, 3.8) is 0 Å². The lowest BCUT2D eigenvalue weighted by atomic mass is 10.2. The summed E-state index contributed by atoms with van der Waals surface area (Å²) in [7, 11) is 0. The van der Waals surface area contributed by atoms with E-state index in [0.717, 1.165) is 5.52 Å². The third kappa shape index (κ3) is 3.23. The third-order valence-electron chi connectivity index (χ3n) is 2.71. The summed E-state index contributed by atoms with van der Waals surface area (Å²) >= 11 is 5.87. The summed E-state index contributed by atoms with van der Waals surface area (Å²) in [6.07, 6.45) is 1.69. The standard InChI is InChI=1S/C13H17ClN4O/c1-9(2)7-16-12(19)8-18-11(6-14)17-10-4-3-5-15-13(10)18/h3-5,9H,6-8H2,1-2H3,(H,16,19). The first-order valence-electron chi connectivity index (χ1n) is 6.24. The molecule has 0 bridgehead atoms. The second-order valence-electron chi connectivity index (χ2n) is 4.79. The Morgan fingerprint density at radius 1 is 1.53 bits per heavy atom. The minimum absolute atomic E-state index is 0.0509. The van der Waals surface area contributed by atoms with Crippen molar-refractivity contribution in [1.29, 1.82) is 0 Å². The maximum atomic E-state index is 11.9. The first-order chi connectivity index (χ1) is 9.11. The van der Waals surface area contributed by atoms with E-state index >= 15 is 0 Å². The van der Waals surface area contributed by atoms with Crippen LogP contribution in [0.2, 0.25) is 0 Å². The van der Waals surface area contributed by atoms with Crippen LogP contribution >= 0.6 is 11.6 Å². The molecule has 2 aromatic heterocycles. The quantitative estimate of drug-likeness (QED) is 0.852. The summed E-state index contributed by atoms with van der Waals surface area (Å²) in [6, 6.07) is 3.68. The molecule has 1 amide bonds. The molecule has 0 unspecified atom stereocenters. The van der Waals surface area contributed by atoms with Gasteiger partial charge in [0.05, 0.1) is 5.88 Å². The highest BCUT2D eigenvalue weighted by atomic mass is 35.5. The first kappa shape index (κ1) is 13.8. The number of rotatable bonds is 5. The number of carbonyl (C=O) groups is 1. The monoisotopic (exact) mass is 280 g/mol. The number of aromatic nitrogens is 3. The number of amides is 1. The molecule has 5 nitrogen and oxygen atoms in total. The molecular weight excluding hydrogens is 264 g/mol. The van der Waals surface area contributed by atoms with Crippen LogP contribution in [0, 0.1) is 5.92 Å². The number of alkyl halides is 1. The molecule has 0 fully saturated rings. The topological polar surface area (TPSA) is 59.8 Å². The van der Waals surface area contributed by atoms with Crippen molar-refractivity contribution in [3.05, 3.63) is 24.2 Å². The van der Waals surface area contributed by atoms with Gasteiger partial charge in [-0.05, 0) is 18.1 Å². The molecule has 0 radical (unpaired) electrons. The van der Waals surface area contributed by atoms with E-state index in [1.807, 2.05) is 12.1 Å². The Morgan fingerprint density at radius 2 is 2.32 bits per heavy atom. The molecule has 19 heavy (non-hydrogen) atoms. The van der Waals surface area contributed by atoms with Gasteiger partial charge < -0.3 is 9.88 Å². The molecule has 1 N–H and O–H groups in total. The number of nitrogens with zero attached hydrogens (tertiary/aromatic N) is 3. The molecule has 0 aliphatic heterocycles. The molecule has 0 saturated heterocycles. The van der Waals surface area contributed by atoms with E-state index in [9.17, 15) is 4.79 Å². The number of nitrogens with one attached hydrogen (secondary N) is 1. The van der Waals surface area contributed by atoms with Gasteiger partial charge in [0.2, 0.25) is 5.91 Å². The van der Waals surface area contributed by atoms with Gasteiger partial charge in [-0.25, -0.2) is 9.97 Å². The summed E-state index contributed by atoms with van der Waals surface area (Å²) < 4.78 is 1.76. The van der Waals surface area contributed by atoms with Crippen LogP contribution in [-0.2, 0) is 17.2 Å². The van der Waals surface area contributed by atoms with Crippen LogP contribution in [0.15, 0.2) is 18.3 Å². The minimum Gasteiger partial charge on any atom is -0.354 e. The molecule has 0 saturated carbocycles. The Balaban J connectivity index is 2.21. The van der Waals surface area contributed by atoms with E-state index < -0.39 is 0 Å². The predicted molar refractivity (Wildman–Crippen MR) is 74.9 cm³/mol. The minimum atomic E-state index is -0.0509. The number of hydrogen-bond acceptors (Lipinski definition) is 3. The number of fused-ring (bicyclic) bond motifs is 1. The molecular formula is C13H17ClN4O. The second-order valence-corrected chi connectivity index (χ2v) is 5.06. The van der Waals surface area contributed by atoms with Gasteiger partial charge >= 0.3 is 0 Å². The number of halogens is 1. The van der Waals surface area contributed by atoms with E-state index in [1.165, 1.54) is 0 Å². The Morgan fingerprint density at radius 3 is 3.00 bits per heavy atom. The maximum Gasteiger partial charge on any atom is 0.240 e. The van der Waals surface area contributed by atoms with E-state index in [2.05, 4.69) is 29.1 Å². The van der Waals surface area contributed by atoms with Crippen molar-refractivity contribution in [2.24, 2.45) is 5.92 Å². The summed E-state index contributed by atoms with van der Waals surface area (Å²) in [5.74, 6) is 1.29. The third-order valence-corrected chi connectivity index (χ3v) is 2.95. The lowest BCUT2D eigenvalue weighted by molar-refractivity contribution is -0.121. The van der Waals surface area contributed by atoms with Crippen molar-refractivity contribution >= 4 is 28.7 Å². The molecule has 2 aromatic rings. The van der Waals surface area contributed by atoms with Gasteiger partial charge in [0.15, 0.2) is 5.65 Å². The zero-order valence-electron chi connectivity index (χ0n) is 11.1. The van der Waals surface area contributed by atoms with Crippen molar-refractivity contribution in [1.82, 2.24) is 19.9 Å². The van der Waals surface area contributed by atoms with Crippen LogP contribution < -0.4 is 5.32 Å². The Labute approximate surface area is 117 Å². The van der Waals surface area contributed by atoms with E-state index in [-0.39, 0.29) is 18.3 Å². The smallest absolute Gasteiger partial charge is 0.240 e. The van der Waals surface area contributed by atoms with Gasteiger partial charge in [0.1, 0.15) is 17.9 Å². The highest BCUT2D eigenvalue weighted by Crippen LogP contribution is 2.14. The lowest BCUT2D eigenvalue weighted by Gasteiger charge is -2.09. The zero-order chi connectivity index (χ0) is 13.8. The van der Waals surface area contributed by atoms with Crippen LogP contribution in [0.1, 0.15) is 19.7 Å². The Kier molecular flexibility index (Phi) is 4.37. The molecule has 2 heterocycles. The van der Waals surface area contributed by atoms with Crippen LogP contribution in [0.25, 0.3) is 11.2 Å². The zero-order valence-corrected chi connectivity index (χ0v) is 11.8. The predicted octanol–water partition coefficient (Wildman–Crippen LogP) is 1.94. The molecule has 0 aromatic carbocycles. The SMILES string of the molecule is CC(C)CNC(=O)Cn1c(CCl)nc2cccnc21. The molecule has 2 rings (SSSR count). The van der Waals surface area contributed by atoms with Crippen molar-refractivity contribution in [3.8, 4) is 0 Å². The average molecular weight is 281 g/mol. The van der Waals surface area contributed by atoms with E-state index in [1.54, 1.807) is 10.8 Å². The van der Waals surface area contributed by atoms with Crippen molar-refractivity contribution in [2.45, 2.75) is 26.3 Å². The Hall–Kier alpha value is -1.62. The first-order valence-corrected chi connectivity index (χ1v) is 6.78. The largest absolute Gasteiger partial charge is 0.354 e. The highest BCUT2D eigenvalue weighted by Gasteiger charge is 2.13. The van der Waals surface area contributed by atoms with Gasteiger partial charge in [-0.1, -0.05) is 13.8 Å². The van der Waals surface area contributed by atoms with E-state index in [4.69, 9.17) is 11.6 Å². The van der Waals surface area contributed by atoms with Crippen LogP contribution in [-0.4, -0.2) is 27.0 Å². The Bertz CT molecular complexity index is 579. The summed E-state index contributed by atoms with van der Waals surface area (Å²) in [6.45, 7) is 4.97. The molecule has 0 aliphatic carbocycles. The van der Waals surface area contributed by atoms with Crippen LogP contribution in [0.3, 0.4) is 0 Å². The molecule has 0 spiro atoms. The maximum absolute atomic E-state index is 11.9. The summed E-state index contributed by atoms with van der Waals surface area (Å²) in [5, 5.41) is 2.88. The average Bonchev–Trinajstić information content (AvgIpc) is 2.75. The number of pyridine rings is 1. The van der Waals surface area contributed by atoms with Crippen molar-refractivity contribution in [2.75, 3.05) is 6.54 Å². The van der Waals surface area contributed by atoms with Gasteiger partial charge in [-0.3, -0.25) is 4.79 Å². The van der Waals surface area contributed by atoms with Gasteiger partial charge in [0, 0.05) is 12.7 Å². The van der Waals surface area contributed by atoms with Crippen molar-refractivity contribution < 1.29 is 4.79 Å². The van der Waals surface area contributed by atoms with Gasteiger partial charge in [0.25, 0.3) is 0 Å². The number of carbonyl (C=O) groups excluding carboxylic acids is 1. The fourth-order valence-electron chi connectivity index (χ4n) is 1.79. The molecule has 0 aliphatic rings. The fourth-order valence-corrected chi connectivity index (χ4v) is 2.00. The molecule has 102 valence electrons. The molecule has 6 heteroatoms. The van der Waals surface area contributed by atoms with Gasteiger partial charge in [-0.15, -0.1) is 11.6 Å². The molecule has 0 atom stereocenters. The fraction of sp³-hybridized carbons (Fsp3) is 0.462. The summed E-state index contributed by atoms with van der Waals surface area (Å²) in [4.78, 5) is 20.5. The van der Waals surface area contributed by atoms with E-state index in [0.29, 0.717) is 23.9 Å². The van der Waals surface area contributed by atoms with Crippen LogP contribution in [0.5, 0.6) is 0 Å². The van der Waals surface area contributed by atoms with Gasteiger partial charge in [-0.2, -0.15) is 0 Å². The lowest BCUT2D eigenvalue weighted by Crippen LogP contribution is -2.31. The summed E-state index contributed by atoms with van der Waals surface area (Å²) in [5.41, 5.74) is 1.45. The second kappa shape index (κ2) is 6.02.